The molecular weight excluding hydrogens is 133 g/mol. The SMILES string of the molecule is FC1CC2NCCOC2C1. The van der Waals surface area contributed by atoms with Gasteiger partial charge in [-0.05, 0) is 6.42 Å². The van der Waals surface area contributed by atoms with Gasteiger partial charge >= 0.3 is 0 Å². The highest BCUT2D eigenvalue weighted by Gasteiger charge is 2.36. The summed E-state index contributed by atoms with van der Waals surface area (Å²) in [6.07, 6.45) is 0.756. The molecule has 0 aromatic rings. The van der Waals surface area contributed by atoms with Crippen LogP contribution < -0.4 is 5.32 Å². The van der Waals surface area contributed by atoms with E-state index in [-0.39, 0.29) is 6.10 Å². The maximum absolute atomic E-state index is 12.7. The Labute approximate surface area is 59.7 Å². The minimum absolute atomic E-state index is 0.156. The number of nitrogens with one attached hydrogen (secondary N) is 1. The van der Waals surface area contributed by atoms with Crippen LogP contribution in [-0.2, 0) is 4.74 Å². The Morgan fingerprint density at radius 1 is 1.40 bits per heavy atom. The van der Waals surface area contributed by atoms with Crippen molar-refractivity contribution in [3.63, 3.8) is 0 Å². The van der Waals surface area contributed by atoms with Gasteiger partial charge in [-0.3, -0.25) is 0 Å². The zero-order valence-corrected chi connectivity index (χ0v) is 5.85. The van der Waals surface area contributed by atoms with Crippen molar-refractivity contribution in [3.8, 4) is 0 Å². The van der Waals surface area contributed by atoms with Crippen LogP contribution in [0.15, 0.2) is 0 Å². The molecule has 2 nitrogen and oxygen atoms in total. The molecule has 1 saturated heterocycles. The molecule has 0 bridgehead atoms. The van der Waals surface area contributed by atoms with Crippen molar-refractivity contribution in [1.29, 1.82) is 0 Å². The van der Waals surface area contributed by atoms with E-state index < -0.39 is 6.17 Å². The molecule has 2 rings (SSSR count). The lowest BCUT2D eigenvalue weighted by molar-refractivity contribution is 0.00973. The van der Waals surface area contributed by atoms with E-state index >= 15 is 0 Å². The number of morpholine rings is 1. The highest BCUT2D eigenvalue weighted by Crippen LogP contribution is 2.26. The van der Waals surface area contributed by atoms with Gasteiger partial charge in [0.05, 0.1) is 12.7 Å². The van der Waals surface area contributed by atoms with Crippen molar-refractivity contribution in [2.45, 2.75) is 31.2 Å². The van der Waals surface area contributed by atoms with E-state index in [9.17, 15) is 4.39 Å². The molecule has 2 fully saturated rings. The average molecular weight is 145 g/mol. The van der Waals surface area contributed by atoms with Crippen molar-refractivity contribution < 1.29 is 9.13 Å². The van der Waals surface area contributed by atoms with Crippen LogP contribution in [0.25, 0.3) is 0 Å². The molecule has 0 spiro atoms. The summed E-state index contributed by atoms with van der Waals surface area (Å²) < 4.78 is 18.1. The minimum Gasteiger partial charge on any atom is -0.375 e. The summed E-state index contributed by atoms with van der Waals surface area (Å²) >= 11 is 0. The van der Waals surface area contributed by atoms with Gasteiger partial charge in [0.1, 0.15) is 6.17 Å². The molecule has 1 aliphatic heterocycles. The van der Waals surface area contributed by atoms with E-state index in [4.69, 9.17) is 4.74 Å². The van der Waals surface area contributed by atoms with Gasteiger partial charge in [0.15, 0.2) is 0 Å². The van der Waals surface area contributed by atoms with Crippen LogP contribution in [-0.4, -0.2) is 31.5 Å². The monoisotopic (exact) mass is 145 g/mol. The van der Waals surface area contributed by atoms with Gasteiger partial charge in [-0.25, -0.2) is 4.39 Å². The summed E-state index contributed by atoms with van der Waals surface area (Å²) in [5, 5.41) is 3.25. The average Bonchev–Trinajstić information content (AvgIpc) is 2.27. The lowest BCUT2D eigenvalue weighted by atomic mass is 10.2. The number of rotatable bonds is 0. The molecule has 1 N–H and O–H groups in total. The van der Waals surface area contributed by atoms with E-state index in [1.165, 1.54) is 0 Å². The van der Waals surface area contributed by atoms with Crippen LogP contribution in [0.5, 0.6) is 0 Å². The predicted molar refractivity (Wildman–Crippen MR) is 35.7 cm³/mol. The van der Waals surface area contributed by atoms with E-state index in [0.29, 0.717) is 18.9 Å². The van der Waals surface area contributed by atoms with Gasteiger partial charge in [0.2, 0.25) is 0 Å². The van der Waals surface area contributed by atoms with Gasteiger partial charge in [-0.2, -0.15) is 0 Å². The highest BCUT2D eigenvalue weighted by atomic mass is 19.1. The van der Waals surface area contributed by atoms with E-state index in [1.807, 2.05) is 0 Å². The molecule has 58 valence electrons. The maximum Gasteiger partial charge on any atom is 0.104 e. The van der Waals surface area contributed by atoms with Crippen LogP contribution in [0.1, 0.15) is 12.8 Å². The minimum atomic E-state index is -0.638. The Morgan fingerprint density at radius 2 is 2.30 bits per heavy atom. The summed E-state index contributed by atoms with van der Waals surface area (Å²) in [5.74, 6) is 0. The van der Waals surface area contributed by atoms with Crippen LogP contribution in [0.2, 0.25) is 0 Å². The maximum atomic E-state index is 12.7. The number of ether oxygens (including phenoxy) is 1. The van der Waals surface area contributed by atoms with Crippen LogP contribution >= 0.6 is 0 Å². The molecule has 3 heteroatoms. The van der Waals surface area contributed by atoms with Crippen molar-refractivity contribution in [2.75, 3.05) is 13.2 Å². The number of hydrogen-bond acceptors (Lipinski definition) is 2. The summed E-state index contributed by atoms with van der Waals surface area (Å²) in [5.41, 5.74) is 0. The summed E-state index contributed by atoms with van der Waals surface area (Å²) in [6, 6.07) is 0.295. The third-order valence-electron chi connectivity index (χ3n) is 2.29. The molecule has 1 saturated carbocycles. The normalized spacial score (nSPS) is 47.1. The van der Waals surface area contributed by atoms with Crippen LogP contribution in [0.4, 0.5) is 4.39 Å². The van der Waals surface area contributed by atoms with Gasteiger partial charge < -0.3 is 10.1 Å². The molecule has 3 unspecified atom stereocenters. The zero-order chi connectivity index (χ0) is 6.97. The van der Waals surface area contributed by atoms with Crippen LogP contribution in [0, 0.1) is 0 Å². The van der Waals surface area contributed by atoms with Gasteiger partial charge in [-0.15, -0.1) is 0 Å². The topological polar surface area (TPSA) is 21.3 Å². The molecule has 10 heavy (non-hydrogen) atoms. The summed E-state index contributed by atoms with van der Waals surface area (Å²) in [7, 11) is 0. The quantitative estimate of drug-likeness (QED) is 0.535. The summed E-state index contributed by atoms with van der Waals surface area (Å²) in [4.78, 5) is 0. The molecule has 0 amide bonds. The first-order chi connectivity index (χ1) is 4.86. The Bertz CT molecular complexity index is 117. The second kappa shape index (κ2) is 2.47. The standard InChI is InChI=1S/C7H12FNO/c8-5-3-6-7(4-5)10-2-1-9-6/h5-7,9H,1-4H2. The Hall–Kier alpha value is -0.150. The fourth-order valence-electron chi connectivity index (χ4n) is 1.79. The molecular formula is C7H12FNO. The third-order valence-corrected chi connectivity index (χ3v) is 2.29. The molecule has 0 radical (unpaired) electrons. The third kappa shape index (κ3) is 1.04. The zero-order valence-electron chi connectivity index (χ0n) is 5.85. The second-order valence-electron chi connectivity index (χ2n) is 3.04. The van der Waals surface area contributed by atoms with Crippen molar-refractivity contribution in [2.24, 2.45) is 0 Å². The van der Waals surface area contributed by atoms with Gasteiger partial charge in [0, 0.05) is 19.0 Å². The van der Waals surface area contributed by atoms with Crippen LogP contribution in [0.3, 0.4) is 0 Å². The Balaban J connectivity index is 1.97. The summed E-state index contributed by atoms with van der Waals surface area (Å²) in [6.45, 7) is 1.63. The fourth-order valence-corrected chi connectivity index (χ4v) is 1.79. The van der Waals surface area contributed by atoms with Crippen molar-refractivity contribution in [3.05, 3.63) is 0 Å². The van der Waals surface area contributed by atoms with Crippen molar-refractivity contribution >= 4 is 0 Å². The molecule has 1 heterocycles. The first-order valence-electron chi connectivity index (χ1n) is 3.85. The fraction of sp³-hybridized carbons (Fsp3) is 1.00. The first kappa shape index (κ1) is 6.55. The Kier molecular flexibility index (Phi) is 1.62. The molecule has 0 aromatic carbocycles. The predicted octanol–water partition coefficient (Wildman–Crippen LogP) is 0.475. The second-order valence-corrected chi connectivity index (χ2v) is 3.04. The van der Waals surface area contributed by atoms with Gasteiger partial charge in [0.25, 0.3) is 0 Å². The van der Waals surface area contributed by atoms with Gasteiger partial charge in [-0.1, -0.05) is 0 Å². The van der Waals surface area contributed by atoms with E-state index in [0.717, 1.165) is 13.2 Å². The molecule has 1 aliphatic carbocycles. The number of hydrogen-bond donors (Lipinski definition) is 1. The smallest absolute Gasteiger partial charge is 0.104 e. The first-order valence-corrected chi connectivity index (χ1v) is 3.85. The van der Waals surface area contributed by atoms with E-state index in [1.54, 1.807) is 0 Å². The number of alkyl halides is 1. The lowest BCUT2D eigenvalue weighted by Crippen LogP contribution is -2.44. The number of fused-ring (bicyclic) bond motifs is 1. The highest BCUT2D eigenvalue weighted by molar-refractivity contribution is 4.91. The number of halogens is 1. The largest absolute Gasteiger partial charge is 0.375 e. The van der Waals surface area contributed by atoms with E-state index in [2.05, 4.69) is 5.32 Å². The molecule has 0 aromatic heterocycles. The lowest BCUT2D eigenvalue weighted by Gasteiger charge is -2.26. The molecule has 2 aliphatic rings. The van der Waals surface area contributed by atoms with Crippen molar-refractivity contribution in [1.82, 2.24) is 5.32 Å². The Morgan fingerprint density at radius 3 is 3.10 bits per heavy atom. The molecule has 3 atom stereocenters.